The minimum atomic E-state index is -0.395. The van der Waals surface area contributed by atoms with Gasteiger partial charge in [-0.1, -0.05) is 19.3 Å². The van der Waals surface area contributed by atoms with Crippen LogP contribution in [0, 0.1) is 5.92 Å². The third kappa shape index (κ3) is 3.52. The molecule has 3 rings (SSSR count). The monoisotopic (exact) mass is 289 g/mol. The Labute approximate surface area is 125 Å². The van der Waals surface area contributed by atoms with Gasteiger partial charge in [-0.05, 0) is 31.6 Å². The first kappa shape index (κ1) is 14.3. The van der Waals surface area contributed by atoms with E-state index >= 15 is 0 Å². The molecule has 5 nitrogen and oxygen atoms in total. The summed E-state index contributed by atoms with van der Waals surface area (Å²) in [7, 11) is 1.38. The molecule has 21 heavy (non-hydrogen) atoms. The topological polar surface area (TPSA) is 55.3 Å². The van der Waals surface area contributed by atoms with Gasteiger partial charge in [0.15, 0.2) is 5.69 Å². The Bertz CT molecular complexity index is 496. The van der Waals surface area contributed by atoms with Crippen LogP contribution in [-0.4, -0.2) is 35.6 Å². The SMILES string of the molecule is COC(=O)c1cc(N(CC2CC2)C2CCCCC2)ncn1. The van der Waals surface area contributed by atoms with Crippen LogP contribution in [0.3, 0.4) is 0 Å². The van der Waals surface area contributed by atoms with Crippen molar-refractivity contribution in [3.8, 4) is 0 Å². The van der Waals surface area contributed by atoms with Gasteiger partial charge in [0.25, 0.3) is 0 Å². The second-order valence-electron chi connectivity index (χ2n) is 6.14. The molecule has 5 heteroatoms. The molecule has 0 radical (unpaired) electrons. The number of aromatic nitrogens is 2. The van der Waals surface area contributed by atoms with E-state index in [1.165, 1.54) is 58.4 Å². The van der Waals surface area contributed by atoms with E-state index in [4.69, 9.17) is 4.74 Å². The van der Waals surface area contributed by atoms with E-state index in [-0.39, 0.29) is 0 Å². The Morgan fingerprint density at radius 1 is 1.24 bits per heavy atom. The maximum absolute atomic E-state index is 11.7. The molecule has 2 saturated carbocycles. The van der Waals surface area contributed by atoms with Gasteiger partial charge in [-0.3, -0.25) is 0 Å². The summed E-state index contributed by atoms with van der Waals surface area (Å²) >= 11 is 0. The molecule has 0 unspecified atom stereocenters. The fourth-order valence-electron chi connectivity index (χ4n) is 3.12. The zero-order valence-corrected chi connectivity index (χ0v) is 12.6. The van der Waals surface area contributed by atoms with Gasteiger partial charge in [0, 0.05) is 18.7 Å². The van der Waals surface area contributed by atoms with Gasteiger partial charge >= 0.3 is 5.97 Å². The Morgan fingerprint density at radius 2 is 2.00 bits per heavy atom. The average Bonchev–Trinajstić information content (AvgIpc) is 3.37. The number of hydrogen-bond donors (Lipinski definition) is 0. The molecule has 1 aromatic heterocycles. The lowest BCUT2D eigenvalue weighted by Gasteiger charge is -2.35. The molecule has 0 saturated heterocycles. The van der Waals surface area contributed by atoms with Gasteiger partial charge in [0.05, 0.1) is 7.11 Å². The van der Waals surface area contributed by atoms with Crippen LogP contribution >= 0.6 is 0 Å². The second-order valence-corrected chi connectivity index (χ2v) is 6.14. The third-order valence-electron chi connectivity index (χ3n) is 4.51. The summed E-state index contributed by atoms with van der Waals surface area (Å²) in [4.78, 5) is 22.5. The maximum atomic E-state index is 11.7. The number of methoxy groups -OCH3 is 1. The molecule has 0 spiro atoms. The van der Waals surface area contributed by atoms with Crippen LogP contribution in [0.1, 0.15) is 55.4 Å². The van der Waals surface area contributed by atoms with Crippen molar-refractivity contribution in [2.45, 2.75) is 51.0 Å². The van der Waals surface area contributed by atoms with E-state index in [0.717, 1.165) is 18.3 Å². The lowest BCUT2D eigenvalue weighted by molar-refractivity contribution is 0.0594. The summed E-state index contributed by atoms with van der Waals surface area (Å²) in [5, 5.41) is 0. The molecule has 0 bridgehead atoms. The predicted octanol–water partition coefficient (Wildman–Crippen LogP) is 2.81. The van der Waals surface area contributed by atoms with E-state index in [1.54, 1.807) is 6.07 Å². The average molecular weight is 289 g/mol. The van der Waals surface area contributed by atoms with Gasteiger partial charge in [-0.25, -0.2) is 14.8 Å². The van der Waals surface area contributed by atoms with Crippen LogP contribution < -0.4 is 4.90 Å². The van der Waals surface area contributed by atoms with Crippen molar-refractivity contribution in [2.24, 2.45) is 5.92 Å². The molecule has 114 valence electrons. The number of anilines is 1. The standard InChI is InChI=1S/C16H23N3O2/c1-21-16(20)14-9-15(18-11-17-14)19(10-12-7-8-12)13-5-3-2-4-6-13/h9,11-13H,2-8,10H2,1H3. The van der Waals surface area contributed by atoms with E-state index in [9.17, 15) is 4.79 Å². The van der Waals surface area contributed by atoms with Crippen molar-refractivity contribution in [3.63, 3.8) is 0 Å². The summed E-state index contributed by atoms with van der Waals surface area (Å²) in [6.45, 7) is 1.06. The number of rotatable bonds is 5. The molecular formula is C16H23N3O2. The summed E-state index contributed by atoms with van der Waals surface area (Å²) in [6.07, 6.45) is 10.5. The summed E-state index contributed by atoms with van der Waals surface area (Å²) in [6, 6.07) is 2.34. The maximum Gasteiger partial charge on any atom is 0.356 e. The van der Waals surface area contributed by atoms with Gasteiger partial charge in [0.2, 0.25) is 0 Å². The molecular weight excluding hydrogens is 266 g/mol. The predicted molar refractivity (Wildman–Crippen MR) is 80.3 cm³/mol. The molecule has 1 heterocycles. The minimum absolute atomic E-state index is 0.346. The molecule has 2 fully saturated rings. The van der Waals surface area contributed by atoms with E-state index in [0.29, 0.717) is 11.7 Å². The van der Waals surface area contributed by atoms with Crippen molar-refractivity contribution < 1.29 is 9.53 Å². The quantitative estimate of drug-likeness (QED) is 0.780. The van der Waals surface area contributed by atoms with Crippen LogP contribution in [0.15, 0.2) is 12.4 Å². The Kier molecular flexibility index (Phi) is 4.36. The van der Waals surface area contributed by atoms with Gasteiger partial charge < -0.3 is 9.64 Å². The van der Waals surface area contributed by atoms with Gasteiger partial charge in [-0.2, -0.15) is 0 Å². The molecule has 0 aliphatic heterocycles. The largest absolute Gasteiger partial charge is 0.464 e. The first-order valence-electron chi connectivity index (χ1n) is 7.95. The van der Waals surface area contributed by atoms with Crippen molar-refractivity contribution in [2.75, 3.05) is 18.6 Å². The normalized spacial score (nSPS) is 19.3. The van der Waals surface area contributed by atoms with Crippen molar-refractivity contribution >= 4 is 11.8 Å². The highest BCUT2D eigenvalue weighted by Crippen LogP contribution is 2.34. The molecule has 0 aromatic carbocycles. The molecule has 1 aromatic rings. The smallest absolute Gasteiger partial charge is 0.356 e. The van der Waals surface area contributed by atoms with Crippen LogP contribution in [0.5, 0.6) is 0 Å². The molecule has 0 atom stereocenters. The van der Waals surface area contributed by atoms with E-state index in [2.05, 4.69) is 14.9 Å². The summed E-state index contributed by atoms with van der Waals surface area (Å²) in [5.74, 6) is 1.28. The Balaban J connectivity index is 1.82. The van der Waals surface area contributed by atoms with Crippen molar-refractivity contribution in [3.05, 3.63) is 18.1 Å². The van der Waals surface area contributed by atoms with E-state index in [1.807, 2.05) is 0 Å². The highest BCUT2D eigenvalue weighted by molar-refractivity contribution is 5.87. The van der Waals surface area contributed by atoms with Crippen molar-refractivity contribution in [1.29, 1.82) is 0 Å². The van der Waals surface area contributed by atoms with Gasteiger partial charge in [-0.15, -0.1) is 0 Å². The molecule has 2 aliphatic rings. The zero-order chi connectivity index (χ0) is 14.7. The number of carbonyl (C=O) groups excluding carboxylic acids is 1. The third-order valence-corrected chi connectivity index (χ3v) is 4.51. The van der Waals surface area contributed by atoms with Crippen LogP contribution in [0.4, 0.5) is 5.82 Å². The first-order valence-corrected chi connectivity index (χ1v) is 7.95. The molecule has 0 N–H and O–H groups in total. The zero-order valence-electron chi connectivity index (χ0n) is 12.6. The van der Waals surface area contributed by atoms with Crippen LogP contribution in [0.2, 0.25) is 0 Å². The Hall–Kier alpha value is -1.65. The molecule has 2 aliphatic carbocycles. The molecule has 0 amide bonds. The lowest BCUT2D eigenvalue weighted by atomic mass is 9.94. The Morgan fingerprint density at radius 3 is 2.67 bits per heavy atom. The minimum Gasteiger partial charge on any atom is -0.464 e. The summed E-state index contributed by atoms with van der Waals surface area (Å²) < 4.78 is 4.76. The number of nitrogens with zero attached hydrogens (tertiary/aromatic N) is 3. The highest BCUT2D eigenvalue weighted by atomic mass is 16.5. The van der Waals surface area contributed by atoms with Gasteiger partial charge in [0.1, 0.15) is 12.1 Å². The van der Waals surface area contributed by atoms with E-state index < -0.39 is 5.97 Å². The second kappa shape index (κ2) is 6.41. The summed E-state index contributed by atoms with van der Waals surface area (Å²) in [5.41, 5.74) is 0.346. The van der Waals surface area contributed by atoms with Crippen molar-refractivity contribution in [1.82, 2.24) is 9.97 Å². The number of hydrogen-bond acceptors (Lipinski definition) is 5. The number of esters is 1. The highest BCUT2D eigenvalue weighted by Gasteiger charge is 2.30. The number of ether oxygens (including phenoxy) is 1. The van der Waals surface area contributed by atoms with Crippen LogP contribution in [-0.2, 0) is 4.74 Å². The van der Waals surface area contributed by atoms with Crippen LogP contribution in [0.25, 0.3) is 0 Å². The fraction of sp³-hybridized carbons (Fsp3) is 0.688. The number of carbonyl (C=O) groups is 1. The fourth-order valence-corrected chi connectivity index (χ4v) is 3.12. The first-order chi connectivity index (χ1) is 10.3. The lowest BCUT2D eigenvalue weighted by Crippen LogP contribution is -2.39.